The molecule has 0 heterocycles. The lowest BCUT2D eigenvalue weighted by Gasteiger charge is -2.48. The lowest BCUT2D eigenvalue weighted by molar-refractivity contribution is 0.0349. The van der Waals surface area contributed by atoms with Gasteiger partial charge < -0.3 is 5.73 Å². The first-order valence-corrected chi connectivity index (χ1v) is 8.00. The first-order valence-electron chi connectivity index (χ1n) is 7.62. The summed E-state index contributed by atoms with van der Waals surface area (Å²) in [5.74, 6) is 1.57. The monoisotopic (exact) mass is 294 g/mol. The molecule has 1 aliphatic rings. The second-order valence-corrected chi connectivity index (χ2v) is 7.04. The Bertz CT molecular complexity index is 431. The number of hydrogen-bond donors (Lipinski definition) is 1. The SMILES string of the molecule is CC1CCC(CN)(N(C)Cc2ccc(Cl)cc2)CC1C. The van der Waals surface area contributed by atoms with Crippen LogP contribution in [0.4, 0.5) is 0 Å². The number of likely N-dealkylation sites (N-methyl/N-ethyl adjacent to an activating group) is 1. The smallest absolute Gasteiger partial charge is 0.0406 e. The molecule has 112 valence electrons. The van der Waals surface area contributed by atoms with Crippen molar-refractivity contribution in [3.05, 3.63) is 34.9 Å². The van der Waals surface area contributed by atoms with Crippen molar-refractivity contribution in [1.82, 2.24) is 4.90 Å². The van der Waals surface area contributed by atoms with Crippen molar-refractivity contribution in [1.29, 1.82) is 0 Å². The molecule has 0 radical (unpaired) electrons. The fourth-order valence-corrected chi connectivity index (χ4v) is 3.53. The topological polar surface area (TPSA) is 29.3 Å². The first-order chi connectivity index (χ1) is 9.47. The molecule has 0 aliphatic heterocycles. The van der Waals surface area contributed by atoms with Crippen molar-refractivity contribution in [2.24, 2.45) is 17.6 Å². The number of nitrogens with zero attached hydrogens (tertiary/aromatic N) is 1. The molecule has 3 unspecified atom stereocenters. The van der Waals surface area contributed by atoms with Crippen LogP contribution in [-0.2, 0) is 6.54 Å². The number of nitrogens with two attached hydrogens (primary N) is 1. The lowest BCUT2D eigenvalue weighted by atomic mass is 9.70. The van der Waals surface area contributed by atoms with Crippen LogP contribution in [0, 0.1) is 11.8 Å². The molecule has 0 saturated heterocycles. The van der Waals surface area contributed by atoms with E-state index in [4.69, 9.17) is 17.3 Å². The highest BCUT2D eigenvalue weighted by atomic mass is 35.5. The zero-order valence-corrected chi connectivity index (χ0v) is 13.7. The van der Waals surface area contributed by atoms with Gasteiger partial charge in [-0.3, -0.25) is 4.90 Å². The minimum Gasteiger partial charge on any atom is -0.329 e. The Morgan fingerprint density at radius 2 is 1.90 bits per heavy atom. The molecule has 2 nitrogen and oxygen atoms in total. The lowest BCUT2D eigenvalue weighted by Crippen LogP contribution is -2.55. The Morgan fingerprint density at radius 3 is 2.45 bits per heavy atom. The molecule has 0 spiro atoms. The van der Waals surface area contributed by atoms with E-state index in [2.05, 4.69) is 37.9 Å². The van der Waals surface area contributed by atoms with Crippen LogP contribution in [0.25, 0.3) is 0 Å². The molecular weight excluding hydrogens is 268 g/mol. The molecule has 0 bridgehead atoms. The zero-order valence-electron chi connectivity index (χ0n) is 12.9. The second kappa shape index (κ2) is 6.46. The van der Waals surface area contributed by atoms with E-state index in [0.717, 1.165) is 29.9 Å². The van der Waals surface area contributed by atoms with Gasteiger partial charge in [-0.25, -0.2) is 0 Å². The molecule has 1 saturated carbocycles. The van der Waals surface area contributed by atoms with Gasteiger partial charge in [-0.05, 0) is 55.8 Å². The van der Waals surface area contributed by atoms with Crippen LogP contribution < -0.4 is 5.73 Å². The molecule has 20 heavy (non-hydrogen) atoms. The maximum absolute atomic E-state index is 6.16. The van der Waals surface area contributed by atoms with Crippen LogP contribution >= 0.6 is 11.6 Å². The van der Waals surface area contributed by atoms with Gasteiger partial charge in [0.2, 0.25) is 0 Å². The standard InChI is InChI=1S/C17H27ClN2/c1-13-8-9-17(12-19,10-14(13)2)20(3)11-15-4-6-16(18)7-5-15/h4-7,13-14H,8-12,19H2,1-3H3. The number of hydrogen-bond acceptors (Lipinski definition) is 2. The van der Waals surface area contributed by atoms with Gasteiger partial charge in [0.05, 0.1) is 0 Å². The highest BCUT2D eigenvalue weighted by molar-refractivity contribution is 6.30. The van der Waals surface area contributed by atoms with E-state index in [0.29, 0.717) is 0 Å². The van der Waals surface area contributed by atoms with Crippen LogP contribution in [0.2, 0.25) is 5.02 Å². The van der Waals surface area contributed by atoms with Gasteiger partial charge in [0, 0.05) is 23.7 Å². The summed E-state index contributed by atoms with van der Waals surface area (Å²) in [5.41, 5.74) is 7.62. The second-order valence-electron chi connectivity index (χ2n) is 6.61. The highest BCUT2D eigenvalue weighted by Gasteiger charge is 2.39. The van der Waals surface area contributed by atoms with Gasteiger partial charge in [-0.1, -0.05) is 37.6 Å². The van der Waals surface area contributed by atoms with E-state index < -0.39 is 0 Å². The van der Waals surface area contributed by atoms with Crippen molar-refractivity contribution in [3.63, 3.8) is 0 Å². The predicted molar refractivity (Wildman–Crippen MR) is 86.9 cm³/mol. The fourth-order valence-electron chi connectivity index (χ4n) is 3.40. The van der Waals surface area contributed by atoms with Gasteiger partial charge >= 0.3 is 0 Å². The summed E-state index contributed by atoms with van der Waals surface area (Å²) in [4.78, 5) is 2.46. The number of benzene rings is 1. The third-order valence-electron chi connectivity index (χ3n) is 5.26. The predicted octanol–water partition coefficient (Wildman–Crippen LogP) is 3.93. The van der Waals surface area contributed by atoms with Crippen molar-refractivity contribution in [2.45, 2.75) is 45.2 Å². The molecule has 1 aliphatic carbocycles. The van der Waals surface area contributed by atoms with Crippen molar-refractivity contribution in [2.75, 3.05) is 13.6 Å². The van der Waals surface area contributed by atoms with Crippen LogP contribution in [0.15, 0.2) is 24.3 Å². The molecule has 1 aromatic carbocycles. The molecule has 0 amide bonds. The number of halogens is 1. The third kappa shape index (κ3) is 3.36. The molecule has 2 rings (SSSR count). The van der Waals surface area contributed by atoms with E-state index in [1.807, 2.05) is 12.1 Å². The average molecular weight is 295 g/mol. The molecule has 3 heteroatoms. The summed E-state index contributed by atoms with van der Waals surface area (Å²) in [6.07, 6.45) is 3.69. The highest BCUT2D eigenvalue weighted by Crippen LogP contribution is 2.39. The fraction of sp³-hybridized carbons (Fsp3) is 0.647. The average Bonchev–Trinajstić information content (AvgIpc) is 2.44. The first kappa shape index (κ1) is 15.8. The van der Waals surface area contributed by atoms with Crippen molar-refractivity contribution in [3.8, 4) is 0 Å². The Morgan fingerprint density at radius 1 is 1.25 bits per heavy atom. The summed E-state index contributed by atoms with van der Waals surface area (Å²) in [6, 6.07) is 8.15. The normalized spacial score (nSPS) is 30.7. The molecule has 1 fully saturated rings. The van der Waals surface area contributed by atoms with Gasteiger partial charge in [-0.2, -0.15) is 0 Å². The third-order valence-corrected chi connectivity index (χ3v) is 5.51. The minimum absolute atomic E-state index is 0.158. The van der Waals surface area contributed by atoms with E-state index in [1.54, 1.807) is 0 Å². The maximum Gasteiger partial charge on any atom is 0.0406 e. The minimum atomic E-state index is 0.158. The van der Waals surface area contributed by atoms with Crippen molar-refractivity contribution >= 4 is 11.6 Å². The molecule has 0 aromatic heterocycles. The van der Waals surface area contributed by atoms with Crippen LogP contribution in [0.1, 0.15) is 38.7 Å². The van der Waals surface area contributed by atoms with Gasteiger partial charge in [0.1, 0.15) is 0 Å². The quantitative estimate of drug-likeness (QED) is 0.912. The van der Waals surface area contributed by atoms with E-state index >= 15 is 0 Å². The summed E-state index contributed by atoms with van der Waals surface area (Å²) >= 11 is 5.95. The van der Waals surface area contributed by atoms with Crippen LogP contribution in [-0.4, -0.2) is 24.0 Å². The van der Waals surface area contributed by atoms with Crippen LogP contribution in [0.5, 0.6) is 0 Å². The summed E-state index contributed by atoms with van der Waals surface area (Å²) < 4.78 is 0. The van der Waals surface area contributed by atoms with Crippen LogP contribution in [0.3, 0.4) is 0 Å². The van der Waals surface area contributed by atoms with E-state index in [1.165, 1.54) is 24.8 Å². The van der Waals surface area contributed by atoms with Gasteiger partial charge in [0.15, 0.2) is 0 Å². The Balaban J connectivity index is 2.09. The molecule has 3 atom stereocenters. The Labute approximate surface area is 128 Å². The maximum atomic E-state index is 6.16. The molecule has 1 aromatic rings. The van der Waals surface area contributed by atoms with Gasteiger partial charge in [0.25, 0.3) is 0 Å². The largest absolute Gasteiger partial charge is 0.329 e. The van der Waals surface area contributed by atoms with E-state index in [-0.39, 0.29) is 5.54 Å². The Kier molecular flexibility index (Phi) is 5.11. The van der Waals surface area contributed by atoms with E-state index in [9.17, 15) is 0 Å². The molecule has 2 N–H and O–H groups in total. The Hall–Kier alpha value is -0.570. The summed E-state index contributed by atoms with van der Waals surface area (Å²) in [5, 5.41) is 0.796. The number of rotatable bonds is 4. The molecular formula is C17H27ClN2. The summed E-state index contributed by atoms with van der Waals surface area (Å²) in [6.45, 7) is 6.41. The van der Waals surface area contributed by atoms with Crippen molar-refractivity contribution < 1.29 is 0 Å². The zero-order chi connectivity index (χ0) is 14.8. The summed E-state index contributed by atoms with van der Waals surface area (Å²) in [7, 11) is 2.21. The van der Waals surface area contributed by atoms with Gasteiger partial charge in [-0.15, -0.1) is 0 Å².